The highest BCUT2D eigenvalue weighted by Gasteiger charge is 2.51. The molecule has 1 fully saturated rings. The van der Waals surface area contributed by atoms with Crippen LogP contribution in [-0.2, 0) is 22.6 Å². The molecule has 1 aliphatic heterocycles. The third-order valence-electron chi connectivity index (χ3n) is 6.55. The van der Waals surface area contributed by atoms with Gasteiger partial charge in [-0.1, -0.05) is 41.6 Å². The summed E-state index contributed by atoms with van der Waals surface area (Å²) in [6, 6.07) is 9.43. The van der Waals surface area contributed by atoms with E-state index in [-0.39, 0.29) is 24.3 Å². The van der Waals surface area contributed by atoms with Crippen molar-refractivity contribution in [1.82, 2.24) is 25.7 Å². The van der Waals surface area contributed by atoms with Gasteiger partial charge in [0.1, 0.15) is 17.4 Å². The Labute approximate surface area is 223 Å². The summed E-state index contributed by atoms with van der Waals surface area (Å²) in [5.41, 5.74) is 1.80. The minimum atomic E-state index is -3.33. The van der Waals surface area contributed by atoms with Crippen LogP contribution in [0.5, 0.6) is 0 Å². The fourth-order valence-electron chi connectivity index (χ4n) is 4.59. The molecule has 3 N–H and O–H groups in total. The Balaban J connectivity index is 1.54. The highest BCUT2D eigenvalue weighted by molar-refractivity contribution is 5.97. The van der Waals surface area contributed by atoms with Gasteiger partial charge in [0, 0.05) is 25.4 Å². The normalized spacial score (nSPS) is 17.9. The lowest BCUT2D eigenvalue weighted by Gasteiger charge is -2.30. The summed E-state index contributed by atoms with van der Waals surface area (Å²) >= 11 is 0. The number of benzene rings is 1. The van der Waals surface area contributed by atoms with Gasteiger partial charge in [0.15, 0.2) is 6.10 Å². The SMILES string of the molecule is Cc1noc(C)c1C(=O)NC(Cc1ccccc1)C(O)C(=O)N1CC(F)(F)CC1C(=O)NCc1cccnc1. The number of nitrogens with zero attached hydrogens (tertiary/aromatic N) is 3. The fourth-order valence-corrected chi connectivity index (χ4v) is 4.59. The first-order valence-corrected chi connectivity index (χ1v) is 12.4. The Morgan fingerprint density at radius 3 is 2.51 bits per heavy atom. The van der Waals surface area contributed by atoms with Crippen LogP contribution in [0.3, 0.4) is 0 Å². The van der Waals surface area contributed by atoms with Crippen molar-refractivity contribution < 1.29 is 32.8 Å². The van der Waals surface area contributed by atoms with E-state index in [9.17, 15) is 28.3 Å². The molecule has 0 radical (unpaired) electrons. The number of likely N-dealkylation sites (tertiary alicyclic amines) is 1. The Morgan fingerprint density at radius 1 is 1.15 bits per heavy atom. The Morgan fingerprint density at radius 2 is 1.87 bits per heavy atom. The molecule has 0 saturated carbocycles. The van der Waals surface area contributed by atoms with Crippen LogP contribution < -0.4 is 10.6 Å². The predicted octanol–water partition coefficient (Wildman–Crippen LogP) is 1.94. The molecule has 0 aliphatic carbocycles. The number of nitrogens with one attached hydrogen (secondary N) is 2. The zero-order chi connectivity index (χ0) is 28.2. The molecule has 4 rings (SSSR count). The number of rotatable bonds is 9. The van der Waals surface area contributed by atoms with E-state index in [2.05, 4.69) is 20.8 Å². The number of alkyl halides is 2. The van der Waals surface area contributed by atoms with E-state index < -0.39 is 54.8 Å². The van der Waals surface area contributed by atoms with Gasteiger partial charge in [0.05, 0.1) is 18.3 Å². The lowest BCUT2D eigenvalue weighted by atomic mass is 9.99. The summed E-state index contributed by atoms with van der Waals surface area (Å²) in [5, 5.41) is 20.1. The summed E-state index contributed by atoms with van der Waals surface area (Å²) in [4.78, 5) is 44.0. The van der Waals surface area contributed by atoms with Crippen LogP contribution in [-0.4, -0.2) is 68.5 Å². The highest BCUT2D eigenvalue weighted by Crippen LogP contribution is 2.33. The van der Waals surface area contributed by atoms with Crippen molar-refractivity contribution >= 4 is 17.7 Å². The van der Waals surface area contributed by atoms with E-state index >= 15 is 0 Å². The van der Waals surface area contributed by atoms with Crippen molar-refractivity contribution in [1.29, 1.82) is 0 Å². The number of hydrogen-bond acceptors (Lipinski definition) is 7. The quantitative estimate of drug-likeness (QED) is 0.377. The number of aliphatic hydroxyl groups is 1. The summed E-state index contributed by atoms with van der Waals surface area (Å²) in [6.45, 7) is 2.11. The summed E-state index contributed by atoms with van der Waals surface area (Å²) in [7, 11) is 0. The maximum atomic E-state index is 14.5. The molecule has 2 aromatic heterocycles. The molecular weight excluding hydrogens is 512 g/mol. The second kappa shape index (κ2) is 11.7. The number of carbonyl (C=O) groups is 3. The van der Waals surface area contributed by atoms with Crippen LogP contribution in [0.15, 0.2) is 59.4 Å². The zero-order valence-electron chi connectivity index (χ0n) is 21.4. The third-order valence-corrected chi connectivity index (χ3v) is 6.55. The van der Waals surface area contributed by atoms with Crippen molar-refractivity contribution in [3.05, 3.63) is 83.0 Å². The fraction of sp³-hybridized carbons (Fsp3) is 0.370. The topological polar surface area (TPSA) is 138 Å². The van der Waals surface area contributed by atoms with Gasteiger partial charge in [0.2, 0.25) is 5.91 Å². The smallest absolute Gasteiger partial charge is 0.267 e. The van der Waals surface area contributed by atoms with Gasteiger partial charge < -0.3 is 25.2 Å². The van der Waals surface area contributed by atoms with Gasteiger partial charge in [0.25, 0.3) is 17.7 Å². The zero-order valence-corrected chi connectivity index (χ0v) is 21.4. The average molecular weight is 542 g/mol. The molecular formula is C27H29F2N5O5. The van der Waals surface area contributed by atoms with Crippen molar-refractivity contribution in [3.8, 4) is 0 Å². The number of pyridine rings is 1. The molecule has 1 saturated heterocycles. The number of aryl methyl sites for hydroxylation is 2. The van der Waals surface area contributed by atoms with Crippen LogP contribution in [0.4, 0.5) is 8.78 Å². The molecule has 1 aliphatic rings. The Bertz CT molecular complexity index is 1300. The molecule has 1 aromatic carbocycles. The van der Waals surface area contributed by atoms with Gasteiger partial charge in [-0.15, -0.1) is 0 Å². The number of carbonyl (C=O) groups excluding carboxylic acids is 3. The third kappa shape index (κ3) is 6.63. The lowest BCUT2D eigenvalue weighted by molar-refractivity contribution is -0.147. The minimum Gasteiger partial charge on any atom is -0.381 e. The number of hydrogen-bond donors (Lipinski definition) is 3. The van der Waals surface area contributed by atoms with Crippen LogP contribution in [0, 0.1) is 13.8 Å². The number of aromatic nitrogens is 2. The van der Waals surface area contributed by atoms with Gasteiger partial charge >= 0.3 is 0 Å². The first-order valence-electron chi connectivity index (χ1n) is 12.4. The molecule has 0 bridgehead atoms. The molecule has 3 atom stereocenters. The summed E-state index contributed by atoms with van der Waals surface area (Å²) in [6.07, 6.45) is 0.286. The van der Waals surface area contributed by atoms with E-state index in [1.54, 1.807) is 62.5 Å². The molecule has 3 aromatic rings. The predicted molar refractivity (Wildman–Crippen MR) is 135 cm³/mol. The van der Waals surface area contributed by atoms with Crippen molar-refractivity contribution in [2.24, 2.45) is 0 Å². The first kappa shape index (κ1) is 27.8. The summed E-state index contributed by atoms with van der Waals surface area (Å²) < 4.78 is 34.0. The molecule has 3 heterocycles. The van der Waals surface area contributed by atoms with Gasteiger partial charge in [-0.3, -0.25) is 19.4 Å². The van der Waals surface area contributed by atoms with Gasteiger partial charge in [-0.2, -0.15) is 0 Å². The van der Waals surface area contributed by atoms with Gasteiger partial charge in [-0.25, -0.2) is 8.78 Å². The molecule has 3 amide bonds. The monoisotopic (exact) mass is 541 g/mol. The van der Waals surface area contributed by atoms with E-state index in [0.29, 0.717) is 21.7 Å². The van der Waals surface area contributed by atoms with Crippen molar-refractivity contribution in [2.75, 3.05) is 6.54 Å². The molecule has 0 spiro atoms. The van der Waals surface area contributed by atoms with E-state index in [1.165, 1.54) is 6.20 Å². The van der Waals surface area contributed by atoms with Crippen molar-refractivity contribution in [3.63, 3.8) is 0 Å². The first-order chi connectivity index (χ1) is 18.6. The maximum Gasteiger partial charge on any atom is 0.267 e. The van der Waals surface area contributed by atoms with Crippen LogP contribution in [0.1, 0.15) is 39.4 Å². The van der Waals surface area contributed by atoms with E-state index in [1.807, 2.05) is 0 Å². The summed E-state index contributed by atoms with van der Waals surface area (Å²) in [5.74, 6) is -5.60. The number of halogens is 2. The molecule has 206 valence electrons. The largest absolute Gasteiger partial charge is 0.381 e. The average Bonchev–Trinajstić information content (AvgIpc) is 3.44. The molecule has 3 unspecified atom stereocenters. The van der Waals surface area contributed by atoms with E-state index in [0.717, 1.165) is 0 Å². The number of aliphatic hydroxyl groups excluding tert-OH is 1. The Hall–Kier alpha value is -4.19. The molecule has 39 heavy (non-hydrogen) atoms. The van der Waals surface area contributed by atoms with Crippen LogP contribution >= 0.6 is 0 Å². The van der Waals surface area contributed by atoms with Crippen LogP contribution in [0.2, 0.25) is 0 Å². The van der Waals surface area contributed by atoms with Crippen LogP contribution in [0.25, 0.3) is 0 Å². The molecule has 10 nitrogen and oxygen atoms in total. The Kier molecular flexibility index (Phi) is 8.34. The second-order valence-electron chi connectivity index (χ2n) is 9.53. The maximum absolute atomic E-state index is 14.5. The standard InChI is InChI=1S/C27H29F2N5O5/c1-16-22(17(2)39-33-16)25(37)32-20(11-18-7-4-3-5-8-18)23(35)26(38)34-15-27(28,29)12-21(34)24(36)31-14-19-9-6-10-30-13-19/h3-10,13,20-21,23,35H,11-12,14-15H2,1-2H3,(H,31,36)(H,32,37). The molecule has 12 heteroatoms. The number of amides is 3. The van der Waals surface area contributed by atoms with Crippen molar-refractivity contribution in [2.45, 2.75) is 57.3 Å². The second-order valence-corrected chi connectivity index (χ2v) is 9.53. The van der Waals surface area contributed by atoms with E-state index in [4.69, 9.17) is 4.52 Å². The minimum absolute atomic E-state index is 0.0188. The van der Waals surface area contributed by atoms with Gasteiger partial charge in [-0.05, 0) is 37.5 Å². The lowest BCUT2D eigenvalue weighted by Crippen LogP contribution is -2.56. The highest BCUT2D eigenvalue weighted by atomic mass is 19.3.